The average Bonchev–Trinajstić information content (AvgIpc) is 2.17. The first-order chi connectivity index (χ1) is 6.84. The zero-order valence-corrected chi connectivity index (χ0v) is 9.37. The van der Waals surface area contributed by atoms with Gasteiger partial charge in [-0.3, -0.25) is 0 Å². The largest absolute Gasteiger partial charge is 0.377 e. The lowest BCUT2D eigenvalue weighted by Gasteiger charge is -2.33. The summed E-state index contributed by atoms with van der Waals surface area (Å²) in [7, 11) is 0. The molecular weight excluding hydrogens is 174 g/mol. The third-order valence-corrected chi connectivity index (χ3v) is 3.54. The molecule has 2 fully saturated rings. The number of ether oxygens (including phenoxy) is 1. The number of nitrogens with zero attached hydrogens (tertiary/aromatic N) is 1. The van der Waals surface area contributed by atoms with Crippen molar-refractivity contribution in [2.45, 2.75) is 45.1 Å². The SMILES string of the molecule is C[C@H]1C[C@H](OCCN2CCCCC2)C1. The Kier molecular flexibility index (Phi) is 3.82. The number of hydrogen-bond donors (Lipinski definition) is 0. The zero-order valence-electron chi connectivity index (χ0n) is 9.37. The highest BCUT2D eigenvalue weighted by Crippen LogP contribution is 2.28. The third kappa shape index (κ3) is 2.96. The van der Waals surface area contributed by atoms with E-state index in [0.717, 1.165) is 19.1 Å². The predicted molar refractivity (Wildman–Crippen MR) is 58.4 cm³/mol. The van der Waals surface area contributed by atoms with E-state index in [2.05, 4.69) is 11.8 Å². The van der Waals surface area contributed by atoms with E-state index in [-0.39, 0.29) is 0 Å². The van der Waals surface area contributed by atoms with E-state index in [4.69, 9.17) is 4.74 Å². The van der Waals surface area contributed by atoms with Crippen LogP contribution in [-0.2, 0) is 4.74 Å². The number of piperidine rings is 1. The van der Waals surface area contributed by atoms with Crippen LogP contribution in [-0.4, -0.2) is 37.2 Å². The topological polar surface area (TPSA) is 12.5 Å². The fourth-order valence-corrected chi connectivity index (χ4v) is 2.50. The van der Waals surface area contributed by atoms with E-state index in [9.17, 15) is 0 Å². The highest BCUT2D eigenvalue weighted by atomic mass is 16.5. The molecule has 2 aliphatic rings. The van der Waals surface area contributed by atoms with Crippen LogP contribution in [0.1, 0.15) is 39.0 Å². The summed E-state index contributed by atoms with van der Waals surface area (Å²) in [6, 6.07) is 0. The lowest BCUT2D eigenvalue weighted by molar-refractivity contribution is -0.0336. The molecule has 0 amide bonds. The summed E-state index contributed by atoms with van der Waals surface area (Å²) in [5, 5.41) is 0. The van der Waals surface area contributed by atoms with Crippen LogP contribution in [0.5, 0.6) is 0 Å². The molecule has 1 saturated carbocycles. The summed E-state index contributed by atoms with van der Waals surface area (Å²) in [5.74, 6) is 0.912. The van der Waals surface area contributed by atoms with Crippen molar-refractivity contribution in [1.29, 1.82) is 0 Å². The van der Waals surface area contributed by atoms with Crippen LogP contribution in [0.15, 0.2) is 0 Å². The molecule has 0 unspecified atom stereocenters. The first kappa shape index (κ1) is 10.4. The lowest BCUT2D eigenvalue weighted by atomic mass is 9.84. The minimum absolute atomic E-state index is 0.592. The van der Waals surface area contributed by atoms with Gasteiger partial charge in [-0.15, -0.1) is 0 Å². The van der Waals surface area contributed by atoms with Crippen molar-refractivity contribution in [2.75, 3.05) is 26.2 Å². The molecule has 0 aromatic carbocycles. The molecule has 2 nitrogen and oxygen atoms in total. The van der Waals surface area contributed by atoms with Crippen LogP contribution in [0.25, 0.3) is 0 Å². The summed E-state index contributed by atoms with van der Waals surface area (Å²) in [6.45, 7) is 7.02. The molecule has 0 bridgehead atoms. The van der Waals surface area contributed by atoms with Crippen molar-refractivity contribution in [3.05, 3.63) is 0 Å². The molecule has 0 aromatic heterocycles. The Hall–Kier alpha value is -0.0800. The van der Waals surface area contributed by atoms with Crippen molar-refractivity contribution < 1.29 is 4.74 Å². The van der Waals surface area contributed by atoms with E-state index in [1.54, 1.807) is 0 Å². The summed E-state index contributed by atoms with van der Waals surface area (Å²) in [5.41, 5.74) is 0. The molecule has 2 heteroatoms. The molecular formula is C12H23NO. The van der Waals surface area contributed by atoms with E-state index in [1.807, 2.05) is 0 Å². The monoisotopic (exact) mass is 197 g/mol. The molecule has 1 heterocycles. The average molecular weight is 197 g/mol. The Morgan fingerprint density at radius 3 is 2.50 bits per heavy atom. The molecule has 14 heavy (non-hydrogen) atoms. The summed E-state index contributed by atoms with van der Waals surface area (Å²) in [4.78, 5) is 2.55. The summed E-state index contributed by atoms with van der Waals surface area (Å²) < 4.78 is 5.81. The van der Waals surface area contributed by atoms with Gasteiger partial charge in [0.2, 0.25) is 0 Å². The first-order valence-corrected chi connectivity index (χ1v) is 6.18. The van der Waals surface area contributed by atoms with Gasteiger partial charge in [-0.05, 0) is 44.7 Å². The Bertz CT molecular complexity index is 160. The molecule has 1 aliphatic heterocycles. The van der Waals surface area contributed by atoms with Crippen LogP contribution in [0, 0.1) is 5.92 Å². The maximum absolute atomic E-state index is 5.81. The second-order valence-electron chi connectivity index (χ2n) is 4.97. The van der Waals surface area contributed by atoms with Crippen LogP contribution in [0.4, 0.5) is 0 Å². The Labute approximate surface area is 87.6 Å². The zero-order chi connectivity index (χ0) is 9.80. The Morgan fingerprint density at radius 1 is 1.14 bits per heavy atom. The molecule has 0 aromatic rings. The van der Waals surface area contributed by atoms with Crippen molar-refractivity contribution >= 4 is 0 Å². The molecule has 1 saturated heterocycles. The van der Waals surface area contributed by atoms with Gasteiger partial charge in [-0.1, -0.05) is 13.3 Å². The smallest absolute Gasteiger partial charge is 0.0597 e. The van der Waals surface area contributed by atoms with Crippen molar-refractivity contribution in [3.63, 3.8) is 0 Å². The van der Waals surface area contributed by atoms with Crippen LogP contribution < -0.4 is 0 Å². The Balaban J connectivity index is 1.50. The lowest BCUT2D eigenvalue weighted by Crippen LogP contribution is -2.36. The number of hydrogen-bond acceptors (Lipinski definition) is 2. The van der Waals surface area contributed by atoms with Crippen LogP contribution >= 0.6 is 0 Å². The van der Waals surface area contributed by atoms with E-state index in [1.165, 1.54) is 45.2 Å². The van der Waals surface area contributed by atoms with Crippen molar-refractivity contribution in [1.82, 2.24) is 4.90 Å². The Morgan fingerprint density at radius 2 is 1.86 bits per heavy atom. The number of rotatable bonds is 4. The van der Waals surface area contributed by atoms with Gasteiger partial charge in [0, 0.05) is 6.54 Å². The van der Waals surface area contributed by atoms with Gasteiger partial charge in [0.15, 0.2) is 0 Å². The first-order valence-electron chi connectivity index (χ1n) is 6.18. The molecule has 0 spiro atoms. The second-order valence-corrected chi connectivity index (χ2v) is 4.97. The summed E-state index contributed by atoms with van der Waals surface area (Å²) >= 11 is 0. The van der Waals surface area contributed by atoms with Gasteiger partial charge in [0.25, 0.3) is 0 Å². The predicted octanol–water partition coefficient (Wildman–Crippen LogP) is 2.29. The second kappa shape index (κ2) is 5.13. The minimum atomic E-state index is 0.592. The highest BCUT2D eigenvalue weighted by Gasteiger charge is 2.25. The molecule has 1 aliphatic carbocycles. The van der Waals surface area contributed by atoms with Crippen molar-refractivity contribution in [2.24, 2.45) is 5.92 Å². The minimum Gasteiger partial charge on any atom is -0.377 e. The van der Waals surface area contributed by atoms with E-state index < -0.39 is 0 Å². The van der Waals surface area contributed by atoms with Gasteiger partial charge in [-0.2, -0.15) is 0 Å². The van der Waals surface area contributed by atoms with Gasteiger partial charge in [0.1, 0.15) is 0 Å². The van der Waals surface area contributed by atoms with Crippen LogP contribution in [0.3, 0.4) is 0 Å². The molecule has 0 N–H and O–H groups in total. The van der Waals surface area contributed by atoms with Gasteiger partial charge in [-0.25, -0.2) is 0 Å². The number of likely N-dealkylation sites (tertiary alicyclic amines) is 1. The molecule has 2 rings (SSSR count). The maximum atomic E-state index is 5.81. The molecule has 0 atom stereocenters. The van der Waals surface area contributed by atoms with Gasteiger partial charge < -0.3 is 9.64 Å². The maximum Gasteiger partial charge on any atom is 0.0597 e. The molecule has 0 radical (unpaired) electrons. The normalized spacial score (nSPS) is 34.1. The third-order valence-electron chi connectivity index (χ3n) is 3.54. The van der Waals surface area contributed by atoms with Crippen LogP contribution in [0.2, 0.25) is 0 Å². The fourth-order valence-electron chi connectivity index (χ4n) is 2.50. The standard InChI is InChI=1S/C12H23NO/c1-11-9-12(10-11)14-8-7-13-5-3-2-4-6-13/h11-12H,2-10H2,1H3/t11-,12-. The highest BCUT2D eigenvalue weighted by molar-refractivity contribution is 4.76. The quantitative estimate of drug-likeness (QED) is 0.685. The van der Waals surface area contributed by atoms with Gasteiger partial charge in [0.05, 0.1) is 12.7 Å². The van der Waals surface area contributed by atoms with E-state index >= 15 is 0 Å². The van der Waals surface area contributed by atoms with Crippen molar-refractivity contribution in [3.8, 4) is 0 Å². The van der Waals surface area contributed by atoms with E-state index in [0.29, 0.717) is 6.10 Å². The van der Waals surface area contributed by atoms with Gasteiger partial charge >= 0.3 is 0 Å². The fraction of sp³-hybridized carbons (Fsp3) is 1.00. The summed E-state index contributed by atoms with van der Waals surface area (Å²) in [6.07, 6.45) is 7.38. The molecule has 82 valence electrons.